The zero-order valence-electron chi connectivity index (χ0n) is 14.5. The van der Waals surface area contributed by atoms with Crippen molar-refractivity contribution >= 4 is 5.91 Å². The number of ether oxygens (including phenoxy) is 1. The van der Waals surface area contributed by atoms with Crippen LogP contribution in [-0.2, 0) is 13.0 Å². The van der Waals surface area contributed by atoms with Gasteiger partial charge in [0.25, 0.3) is 5.91 Å². The molecule has 26 heavy (non-hydrogen) atoms. The van der Waals surface area contributed by atoms with Gasteiger partial charge in [-0.15, -0.1) is 0 Å². The van der Waals surface area contributed by atoms with Crippen LogP contribution in [0, 0.1) is 0 Å². The Balaban J connectivity index is 1.48. The molecule has 3 aromatic rings. The molecular formula is C23H21NO2. The Hall–Kier alpha value is -3.07. The third-order valence-corrected chi connectivity index (χ3v) is 4.84. The molecule has 1 amide bonds. The normalized spacial score (nSPS) is 15.3. The lowest BCUT2D eigenvalue weighted by atomic mass is 10.1. The molecule has 0 bridgehead atoms. The summed E-state index contributed by atoms with van der Waals surface area (Å²) in [6, 6.07) is 25.7. The fourth-order valence-corrected chi connectivity index (χ4v) is 3.49. The highest BCUT2D eigenvalue weighted by Crippen LogP contribution is 2.31. The van der Waals surface area contributed by atoms with E-state index in [2.05, 4.69) is 23.5 Å². The molecule has 1 unspecified atom stereocenters. The van der Waals surface area contributed by atoms with Crippen molar-refractivity contribution in [1.82, 2.24) is 5.32 Å². The minimum absolute atomic E-state index is 0.0426. The fourth-order valence-electron chi connectivity index (χ4n) is 3.49. The van der Waals surface area contributed by atoms with Crippen molar-refractivity contribution in [3.63, 3.8) is 0 Å². The predicted octanol–water partition coefficient (Wildman–Crippen LogP) is 4.68. The highest BCUT2D eigenvalue weighted by Gasteiger charge is 2.24. The average Bonchev–Trinajstić information content (AvgIpc) is 3.10. The predicted molar refractivity (Wildman–Crippen MR) is 102 cm³/mol. The van der Waals surface area contributed by atoms with Gasteiger partial charge in [-0.1, -0.05) is 60.7 Å². The van der Waals surface area contributed by atoms with Crippen molar-refractivity contribution in [3.05, 3.63) is 101 Å². The molecular weight excluding hydrogens is 322 g/mol. The molecule has 1 N–H and O–H groups in total. The lowest BCUT2D eigenvalue weighted by molar-refractivity contribution is 0.0934. The second-order valence-corrected chi connectivity index (χ2v) is 6.52. The first-order valence-corrected chi connectivity index (χ1v) is 8.96. The van der Waals surface area contributed by atoms with Gasteiger partial charge < -0.3 is 10.1 Å². The van der Waals surface area contributed by atoms with Gasteiger partial charge in [-0.25, -0.2) is 0 Å². The summed E-state index contributed by atoms with van der Waals surface area (Å²) in [6.07, 6.45) is 1.97. The van der Waals surface area contributed by atoms with Crippen LogP contribution >= 0.6 is 0 Å². The molecule has 130 valence electrons. The smallest absolute Gasteiger partial charge is 0.252 e. The van der Waals surface area contributed by atoms with Crippen LogP contribution in [0.3, 0.4) is 0 Å². The lowest BCUT2D eigenvalue weighted by Crippen LogP contribution is -2.28. The number of para-hydroxylation sites is 1. The minimum atomic E-state index is -0.0426. The first kappa shape index (κ1) is 16.4. The van der Waals surface area contributed by atoms with Gasteiger partial charge in [0, 0.05) is 11.1 Å². The lowest BCUT2D eigenvalue weighted by Gasteiger charge is -2.16. The van der Waals surface area contributed by atoms with E-state index in [9.17, 15) is 4.79 Å². The maximum absolute atomic E-state index is 12.9. The Morgan fingerprint density at radius 1 is 0.923 bits per heavy atom. The van der Waals surface area contributed by atoms with E-state index in [1.807, 2.05) is 60.7 Å². The number of benzene rings is 3. The molecule has 0 saturated heterocycles. The maximum Gasteiger partial charge on any atom is 0.252 e. The maximum atomic E-state index is 12.9. The van der Waals surface area contributed by atoms with E-state index in [4.69, 9.17) is 4.74 Å². The van der Waals surface area contributed by atoms with Gasteiger partial charge in [0.2, 0.25) is 0 Å². The van der Waals surface area contributed by atoms with E-state index < -0.39 is 0 Å². The summed E-state index contributed by atoms with van der Waals surface area (Å²) >= 11 is 0. The summed E-state index contributed by atoms with van der Waals surface area (Å²) in [5.41, 5.74) is 4.13. The number of aryl methyl sites for hydroxylation is 1. The first-order valence-electron chi connectivity index (χ1n) is 8.96. The van der Waals surface area contributed by atoms with Crippen LogP contribution in [-0.4, -0.2) is 5.91 Å². The van der Waals surface area contributed by atoms with Gasteiger partial charge in [-0.2, -0.15) is 0 Å². The van der Waals surface area contributed by atoms with Crippen LogP contribution < -0.4 is 10.1 Å². The highest BCUT2D eigenvalue weighted by atomic mass is 16.5. The molecule has 0 aromatic heterocycles. The Labute approximate surface area is 153 Å². The number of nitrogens with one attached hydrogen (secondary N) is 1. The molecule has 0 fully saturated rings. The highest BCUT2D eigenvalue weighted by molar-refractivity contribution is 5.96. The number of carbonyl (C=O) groups is 1. The summed E-state index contributed by atoms with van der Waals surface area (Å²) < 4.78 is 5.83. The number of hydrogen-bond donors (Lipinski definition) is 1. The van der Waals surface area contributed by atoms with E-state index in [1.165, 1.54) is 11.1 Å². The Kier molecular flexibility index (Phi) is 4.69. The fraction of sp³-hybridized carbons (Fsp3) is 0.174. The minimum Gasteiger partial charge on any atom is -0.489 e. The van der Waals surface area contributed by atoms with Gasteiger partial charge >= 0.3 is 0 Å². The van der Waals surface area contributed by atoms with Crippen LogP contribution in [0.5, 0.6) is 5.75 Å². The Bertz CT molecular complexity index is 905. The summed E-state index contributed by atoms with van der Waals surface area (Å²) in [5, 5.41) is 3.20. The van der Waals surface area contributed by atoms with Crippen LogP contribution in [0.4, 0.5) is 0 Å². The summed E-state index contributed by atoms with van der Waals surface area (Å²) in [6.45, 7) is 0.370. The van der Waals surface area contributed by atoms with Gasteiger partial charge in [-0.05, 0) is 42.2 Å². The number of rotatable bonds is 5. The van der Waals surface area contributed by atoms with Crippen LogP contribution in [0.25, 0.3) is 0 Å². The molecule has 1 aliphatic rings. The van der Waals surface area contributed by atoms with Gasteiger partial charge in [-0.3, -0.25) is 4.79 Å². The Morgan fingerprint density at radius 3 is 2.54 bits per heavy atom. The van der Waals surface area contributed by atoms with Gasteiger partial charge in [0.05, 0.1) is 6.04 Å². The first-order chi connectivity index (χ1) is 12.8. The van der Waals surface area contributed by atoms with Crippen molar-refractivity contribution in [2.24, 2.45) is 0 Å². The van der Waals surface area contributed by atoms with Crippen LogP contribution in [0.1, 0.15) is 39.5 Å². The number of hydrogen-bond acceptors (Lipinski definition) is 2. The second kappa shape index (κ2) is 7.44. The average molecular weight is 343 g/mol. The van der Waals surface area contributed by atoms with Crippen molar-refractivity contribution < 1.29 is 9.53 Å². The van der Waals surface area contributed by atoms with Crippen molar-refractivity contribution in [2.75, 3.05) is 0 Å². The van der Waals surface area contributed by atoms with E-state index in [0.717, 1.165) is 24.2 Å². The zero-order valence-corrected chi connectivity index (χ0v) is 14.5. The monoisotopic (exact) mass is 343 g/mol. The van der Waals surface area contributed by atoms with Crippen molar-refractivity contribution in [2.45, 2.75) is 25.5 Å². The molecule has 0 aliphatic heterocycles. The molecule has 3 heteroatoms. The molecule has 1 atom stereocenters. The van der Waals surface area contributed by atoms with Crippen LogP contribution in [0.2, 0.25) is 0 Å². The summed E-state index contributed by atoms with van der Waals surface area (Å²) in [7, 11) is 0. The van der Waals surface area contributed by atoms with E-state index in [1.54, 1.807) is 0 Å². The quantitative estimate of drug-likeness (QED) is 0.730. The summed E-state index contributed by atoms with van der Waals surface area (Å²) in [4.78, 5) is 12.9. The topological polar surface area (TPSA) is 38.3 Å². The number of fused-ring (bicyclic) bond motifs is 1. The molecule has 3 nitrogen and oxygen atoms in total. The summed E-state index contributed by atoms with van der Waals surface area (Å²) in [5.74, 6) is 0.756. The van der Waals surface area contributed by atoms with Crippen molar-refractivity contribution in [3.8, 4) is 5.75 Å². The number of amides is 1. The van der Waals surface area contributed by atoms with E-state index >= 15 is 0 Å². The number of carbonyl (C=O) groups excluding carboxylic acids is 1. The molecule has 4 rings (SSSR count). The second-order valence-electron chi connectivity index (χ2n) is 6.52. The van der Waals surface area contributed by atoms with Crippen LogP contribution in [0.15, 0.2) is 78.9 Å². The molecule has 3 aromatic carbocycles. The standard InChI is InChI=1S/C23H21NO2/c25-23(24-22-15-14-17-8-4-6-12-20(17)22)21-13-7-5-9-18(21)16-26-19-10-2-1-3-11-19/h1-13,22H,14-16H2,(H,24,25). The van der Waals surface area contributed by atoms with Gasteiger partial charge in [0.15, 0.2) is 0 Å². The third-order valence-electron chi connectivity index (χ3n) is 4.84. The molecule has 0 radical (unpaired) electrons. The largest absolute Gasteiger partial charge is 0.489 e. The van der Waals surface area contributed by atoms with Crippen molar-refractivity contribution in [1.29, 1.82) is 0 Å². The molecule has 1 aliphatic carbocycles. The third kappa shape index (κ3) is 3.47. The zero-order chi connectivity index (χ0) is 17.8. The molecule has 0 spiro atoms. The molecule has 0 heterocycles. The van der Waals surface area contributed by atoms with E-state index in [-0.39, 0.29) is 11.9 Å². The SMILES string of the molecule is O=C(NC1CCc2ccccc21)c1ccccc1COc1ccccc1. The Morgan fingerprint density at radius 2 is 1.65 bits per heavy atom. The molecule has 0 saturated carbocycles. The van der Waals surface area contributed by atoms with Gasteiger partial charge in [0.1, 0.15) is 12.4 Å². The van der Waals surface area contributed by atoms with E-state index in [0.29, 0.717) is 12.2 Å².